The van der Waals surface area contributed by atoms with Gasteiger partial charge in [0.1, 0.15) is 0 Å². The van der Waals surface area contributed by atoms with Crippen LogP contribution in [0, 0.1) is 27.7 Å². The molecule has 0 aliphatic heterocycles. The smallest absolute Gasteiger partial charge is 0.255 e. The van der Waals surface area contributed by atoms with E-state index < -0.39 is 0 Å². The van der Waals surface area contributed by atoms with Gasteiger partial charge in [-0.2, -0.15) is 0 Å². The number of hydrogen-bond donors (Lipinski definition) is 2. The molecule has 0 heterocycles. The van der Waals surface area contributed by atoms with Gasteiger partial charge >= 0.3 is 0 Å². The normalized spacial score (nSPS) is 10.4. The van der Waals surface area contributed by atoms with Crippen LogP contribution in [0.1, 0.15) is 43.0 Å². The van der Waals surface area contributed by atoms with Crippen molar-refractivity contribution in [2.24, 2.45) is 0 Å². The summed E-state index contributed by atoms with van der Waals surface area (Å²) in [7, 11) is 0. The SMILES string of the molecule is Cc1ccc(C(=O)Nc2cc(C)c(NC(=O)c3ccc(C)cc3)cc2C)cc1. The van der Waals surface area contributed by atoms with Crippen LogP contribution in [0.25, 0.3) is 0 Å². The quantitative estimate of drug-likeness (QED) is 0.642. The highest BCUT2D eigenvalue weighted by molar-refractivity contribution is 6.06. The van der Waals surface area contributed by atoms with E-state index in [1.807, 2.05) is 88.4 Å². The van der Waals surface area contributed by atoms with E-state index in [4.69, 9.17) is 0 Å². The van der Waals surface area contributed by atoms with Crippen molar-refractivity contribution >= 4 is 23.2 Å². The lowest BCUT2D eigenvalue weighted by Crippen LogP contribution is -2.15. The Hall–Kier alpha value is -3.40. The molecular weight excluding hydrogens is 348 g/mol. The second-order valence-electron chi connectivity index (χ2n) is 7.12. The molecule has 4 nitrogen and oxygen atoms in total. The van der Waals surface area contributed by atoms with Crippen molar-refractivity contribution < 1.29 is 9.59 Å². The minimum Gasteiger partial charge on any atom is -0.322 e. The molecule has 0 aliphatic rings. The molecule has 0 saturated carbocycles. The predicted molar refractivity (Wildman–Crippen MR) is 114 cm³/mol. The molecular formula is C24H24N2O2. The Balaban J connectivity index is 1.76. The molecule has 3 aromatic rings. The first-order valence-corrected chi connectivity index (χ1v) is 9.21. The minimum atomic E-state index is -0.154. The Kier molecular flexibility index (Phi) is 5.59. The largest absolute Gasteiger partial charge is 0.322 e. The highest BCUT2D eigenvalue weighted by Crippen LogP contribution is 2.25. The molecule has 0 unspecified atom stereocenters. The Morgan fingerprint density at radius 2 is 0.893 bits per heavy atom. The molecule has 2 N–H and O–H groups in total. The van der Waals surface area contributed by atoms with Crippen molar-refractivity contribution in [2.45, 2.75) is 27.7 Å². The summed E-state index contributed by atoms with van der Waals surface area (Å²) in [5.41, 5.74) is 6.66. The zero-order chi connectivity index (χ0) is 20.3. The molecule has 0 saturated heterocycles. The molecule has 0 fully saturated rings. The third-order valence-corrected chi connectivity index (χ3v) is 4.70. The third-order valence-electron chi connectivity index (χ3n) is 4.70. The standard InChI is InChI=1S/C24H24N2O2/c1-15-5-9-19(10-6-15)23(27)25-21-13-18(4)22(14-17(21)3)26-24(28)20-11-7-16(2)8-12-20/h5-14H,1-4H3,(H,25,27)(H,26,28). The summed E-state index contributed by atoms with van der Waals surface area (Å²) >= 11 is 0. The third kappa shape index (κ3) is 4.46. The molecule has 4 heteroatoms. The van der Waals surface area contributed by atoms with Gasteiger partial charge in [-0.05, 0) is 75.2 Å². The fourth-order valence-electron chi connectivity index (χ4n) is 2.88. The van der Waals surface area contributed by atoms with E-state index in [1.165, 1.54) is 0 Å². The minimum absolute atomic E-state index is 0.154. The molecule has 0 spiro atoms. The van der Waals surface area contributed by atoms with Crippen LogP contribution in [0.5, 0.6) is 0 Å². The lowest BCUT2D eigenvalue weighted by molar-refractivity contribution is 0.101. The molecule has 0 aromatic heterocycles. The molecule has 3 rings (SSSR count). The lowest BCUT2D eigenvalue weighted by atomic mass is 10.1. The number of amides is 2. The van der Waals surface area contributed by atoms with Crippen LogP contribution < -0.4 is 10.6 Å². The van der Waals surface area contributed by atoms with E-state index in [9.17, 15) is 9.59 Å². The van der Waals surface area contributed by atoms with Crippen LogP contribution >= 0.6 is 0 Å². The summed E-state index contributed by atoms with van der Waals surface area (Å²) in [6, 6.07) is 18.7. The van der Waals surface area contributed by atoms with Gasteiger partial charge in [0.15, 0.2) is 0 Å². The van der Waals surface area contributed by atoms with E-state index in [-0.39, 0.29) is 11.8 Å². The van der Waals surface area contributed by atoms with Gasteiger partial charge in [-0.25, -0.2) is 0 Å². The van der Waals surface area contributed by atoms with Crippen LogP contribution in [0.15, 0.2) is 60.7 Å². The van der Waals surface area contributed by atoms with Crippen LogP contribution in [-0.4, -0.2) is 11.8 Å². The molecule has 2 amide bonds. The number of hydrogen-bond acceptors (Lipinski definition) is 2. The maximum atomic E-state index is 12.5. The molecule has 0 radical (unpaired) electrons. The van der Waals surface area contributed by atoms with Crippen molar-refractivity contribution in [1.82, 2.24) is 0 Å². The fraction of sp³-hybridized carbons (Fsp3) is 0.167. The Bertz CT molecular complexity index is 934. The van der Waals surface area contributed by atoms with Crippen molar-refractivity contribution in [3.05, 3.63) is 94.0 Å². The van der Waals surface area contributed by atoms with Crippen molar-refractivity contribution in [3.63, 3.8) is 0 Å². The van der Waals surface area contributed by atoms with Gasteiger partial charge in [-0.1, -0.05) is 35.4 Å². The van der Waals surface area contributed by atoms with Crippen molar-refractivity contribution in [2.75, 3.05) is 10.6 Å². The Labute approximate surface area is 165 Å². The Morgan fingerprint density at radius 1 is 0.571 bits per heavy atom. The number of rotatable bonds is 4. The Morgan fingerprint density at radius 3 is 1.21 bits per heavy atom. The van der Waals surface area contributed by atoms with Gasteiger partial charge in [0, 0.05) is 22.5 Å². The van der Waals surface area contributed by atoms with Crippen molar-refractivity contribution in [1.29, 1.82) is 0 Å². The predicted octanol–water partition coefficient (Wildman–Crippen LogP) is 5.42. The molecule has 28 heavy (non-hydrogen) atoms. The topological polar surface area (TPSA) is 58.2 Å². The van der Waals surface area contributed by atoms with E-state index >= 15 is 0 Å². The lowest BCUT2D eigenvalue weighted by Gasteiger charge is -2.14. The fourth-order valence-corrected chi connectivity index (χ4v) is 2.88. The summed E-state index contributed by atoms with van der Waals surface area (Å²) in [5.74, 6) is -0.308. The van der Waals surface area contributed by atoms with Crippen LogP contribution in [-0.2, 0) is 0 Å². The highest BCUT2D eigenvalue weighted by atomic mass is 16.2. The summed E-state index contributed by atoms with van der Waals surface area (Å²) in [4.78, 5) is 25.0. The van der Waals surface area contributed by atoms with Gasteiger partial charge in [-0.15, -0.1) is 0 Å². The van der Waals surface area contributed by atoms with E-state index in [0.717, 1.165) is 33.6 Å². The number of carbonyl (C=O) groups excluding carboxylic acids is 2. The second kappa shape index (κ2) is 8.09. The average molecular weight is 372 g/mol. The maximum Gasteiger partial charge on any atom is 0.255 e. The zero-order valence-electron chi connectivity index (χ0n) is 16.6. The molecule has 3 aromatic carbocycles. The van der Waals surface area contributed by atoms with Crippen LogP contribution in [0.2, 0.25) is 0 Å². The number of nitrogens with one attached hydrogen (secondary N) is 2. The first-order valence-electron chi connectivity index (χ1n) is 9.21. The zero-order valence-corrected chi connectivity index (χ0v) is 16.6. The van der Waals surface area contributed by atoms with Crippen LogP contribution in [0.3, 0.4) is 0 Å². The number of anilines is 2. The van der Waals surface area contributed by atoms with E-state index in [0.29, 0.717) is 11.1 Å². The average Bonchev–Trinajstić information content (AvgIpc) is 2.66. The van der Waals surface area contributed by atoms with E-state index in [2.05, 4.69) is 10.6 Å². The van der Waals surface area contributed by atoms with Crippen LogP contribution in [0.4, 0.5) is 11.4 Å². The number of aryl methyl sites for hydroxylation is 4. The molecule has 0 aliphatic carbocycles. The molecule has 142 valence electrons. The van der Waals surface area contributed by atoms with Gasteiger partial charge in [0.25, 0.3) is 11.8 Å². The summed E-state index contributed by atoms with van der Waals surface area (Å²) in [5, 5.41) is 5.91. The number of carbonyl (C=O) groups is 2. The van der Waals surface area contributed by atoms with Gasteiger partial charge in [0.05, 0.1) is 0 Å². The summed E-state index contributed by atoms with van der Waals surface area (Å²) in [6.45, 7) is 7.79. The van der Waals surface area contributed by atoms with Gasteiger partial charge < -0.3 is 10.6 Å². The second-order valence-corrected chi connectivity index (χ2v) is 7.12. The first-order chi connectivity index (χ1) is 13.3. The number of benzene rings is 3. The highest BCUT2D eigenvalue weighted by Gasteiger charge is 2.12. The molecule has 0 atom stereocenters. The first kappa shape index (κ1) is 19.4. The van der Waals surface area contributed by atoms with Gasteiger partial charge in [0.2, 0.25) is 0 Å². The monoisotopic (exact) mass is 372 g/mol. The summed E-state index contributed by atoms with van der Waals surface area (Å²) < 4.78 is 0. The van der Waals surface area contributed by atoms with Gasteiger partial charge in [-0.3, -0.25) is 9.59 Å². The summed E-state index contributed by atoms with van der Waals surface area (Å²) in [6.07, 6.45) is 0. The maximum absolute atomic E-state index is 12.5. The van der Waals surface area contributed by atoms with E-state index in [1.54, 1.807) is 0 Å². The van der Waals surface area contributed by atoms with Crippen molar-refractivity contribution in [3.8, 4) is 0 Å². The molecule has 0 bridgehead atoms.